The lowest BCUT2D eigenvalue weighted by molar-refractivity contribution is -0.121. The minimum absolute atomic E-state index is 0.103. The summed E-state index contributed by atoms with van der Waals surface area (Å²) >= 11 is 1.49. The molecule has 0 bridgehead atoms. The molecule has 2 aromatic carbocycles. The summed E-state index contributed by atoms with van der Waals surface area (Å²) in [5, 5.41) is 3.05. The Labute approximate surface area is 204 Å². The zero-order valence-electron chi connectivity index (χ0n) is 19.0. The van der Waals surface area contributed by atoms with Crippen molar-refractivity contribution in [3.05, 3.63) is 88.2 Å². The van der Waals surface area contributed by atoms with Gasteiger partial charge in [0.15, 0.2) is 5.16 Å². The molecule has 1 aromatic heterocycles. The van der Waals surface area contributed by atoms with E-state index >= 15 is 0 Å². The maximum Gasteiger partial charge on any atom is 0.269 e. The molecule has 0 atom stereocenters. The van der Waals surface area contributed by atoms with Crippen LogP contribution in [0.2, 0.25) is 0 Å². The van der Waals surface area contributed by atoms with Gasteiger partial charge in [-0.15, -0.1) is 0 Å². The minimum atomic E-state index is -0.998. The number of aromatic nitrogens is 2. The standard InChI is InChI=1S/C24H23F2N5O3S/c1-14-11-15(2)29-24(28-14)35-13-16-3-5-17(6-4-16)22(33)31-30-21(32)9-10-27-23(34)19-8-7-18(25)12-20(19)26/h3-8,11-12H,9-10,13H2,1-2H3,(H,27,34)(H,30,32)(H,31,33). The van der Waals surface area contributed by atoms with E-state index in [1.54, 1.807) is 24.3 Å². The van der Waals surface area contributed by atoms with E-state index in [2.05, 4.69) is 26.1 Å². The first-order valence-electron chi connectivity index (χ1n) is 10.6. The number of carbonyl (C=O) groups is 3. The average Bonchev–Trinajstić information content (AvgIpc) is 2.81. The van der Waals surface area contributed by atoms with Crippen LogP contribution >= 0.6 is 11.8 Å². The number of aryl methyl sites for hydroxylation is 2. The number of thioether (sulfide) groups is 1. The lowest BCUT2D eigenvalue weighted by Crippen LogP contribution is -2.42. The molecule has 3 N–H and O–H groups in total. The van der Waals surface area contributed by atoms with E-state index in [4.69, 9.17) is 0 Å². The van der Waals surface area contributed by atoms with Gasteiger partial charge in [0, 0.05) is 41.7 Å². The molecule has 0 aliphatic carbocycles. The summed E-state index contributed by atoms with van der Waals surface area (Å²) in [6.45, 7) is 3.72. The van der Waals surface area contributed by atoms with Crippen molar-refractivity contribution in [3.63, 3.8) is 0 Å². The minimum Gasteiger partial charge on any atom is -0.351 e. The van der Waals surface area contributed by atoms with Gasteiger partial charge in [-0.25, -0.2) is 18.7 Å². The highest BCUT2D eigenvalue weighted by Crippen LogP contribution is 2.20. The third-order valence-electron chi connectivity index (χ3n) is 4.67. The Kier molecular flexibility index (Phi) is 8.85. The van der Waals surface area contributed by atoms with Crippen LogP contribution in [0.5, 0.6) is 0 Å². The second kappa shape index (κ2) is 12.0. The molecule has 0 fully saturated rings. The molecule has 0 aliphatic heterocycles. The lowest BCUT2D eigenvalue weighted by atomic mass is 10.1. The molecule has 0 unspecified atom stereocenters. The molecule has 0 aliphatic rings. The number of carbonyl (C=O) groups excluding carboxylic acids is 3. The second-order valence-corrected chi connectivity index (χ2v) is 8.49. The largest absolute Gasteiger partial charge is 0.351 e. The lowest BCUT2D eigenvalue weighted by Gasteiger charge is -2.09. The van der Waals surface area contributed by atoms with Crippen molar-refractivity contribution in [2.24, 2.45) is 0 Å². The first-order valence-corrected chi connectivity index (χ1v) is 11.6. The van der Waals surface area contributed by atoms with Gasteiger partial charge in [0.05, 0.1) is 5.56 Å². The van der Waals surface area contributed by atoms with Crippen molar-refractivity contribution in [1.29, 1.82) is 0 Å². The number of amides is 3. The van der Waals surface area contributed by atoms with Crippen molar-refractivity contribution in [1.82, 2.24) is 26.1 Å². The SMILES string of the molecule is Cc1cc(C)nc(SCc2ccc(C(=O)NNC(=O)CCNC(=O)c3ccc(F)cc3F)cc2)n1. The monoisotopic (exact) mass is 499 g/mol. The molecule has 3 rings (SSSR count). The quantitative estimate of drug-likeness (QED) is 0.249. The summed E-state index contributed by atoms with van der Waals surface area (Å²) < 4.78 is 26.5. The number of nitrogens with one attached hydrogen (secondary N) is 3. The third kappa shape index (κ3) is 7.85. The molecule has 0 radical (unpaired) electrons. The van der Waals surface area contributed by atoms with Gasteiger partial charge in [-0.3, -0.25) is 25.2 Å². The van der Waals surface area contributed by atoms with E-state index in [0.29, 0.717) is 22.5 Å². The molecular weight excluding hydrogens is 476 g/mol. The Morgan fingerprint density at radius 2 is 1.57 bits per heavy atom. The second-order valence-electron chi connectivity index (χ2n) is 7.55. The van der Waals surface area contributed by atoms with E-state index in [-0.39, 0.29) is 18.5 Å². The summed E-state index contributed by atoms with van der Waals surface area (Å²) in [5.74, 6) is -3.00. The van der Waals surface area contributed by atoms with E-state index in [9.17, 15) is 23.2 Å². The fourth-order valence-electron chi connectivity index (χ4n) is 2.98. The van der Waals surface area contributed by atoms with E-state index in [0.717, 1.165) is 29.1 Å². The first-order chi connectivity index (χ1) is 16.7. The molecule has 8 nitrogen and oxygen atoms in total. The molecule has 35 heavy (non-hydrogen) atoms. The van der Waals surface area contributed by atoms with Crippen LogP contribution in [-0.4, -0.2) is 34.2 Å². The fourth-order valence-corrected chi connectivity index (χ4v) is 3.88. The van der Waals surface area contributed by atoms with Gasteiger partial charge in [-0.2, -0.15) is 0 Å². The Morgan fingerprint density at radius 3 is 2.23 bits per heavy atom. The maximum absolute atomic E-state index is 13.6. The van der Waals surface area contributed by atoms with E-state index in [1.165, 1.54) is 11.8 Å². The van der Waals surface area contributed by atoms with Gasteiger partial charge in [-0.05, 0) is 49.7 Å². The molecule has 0 saturated heterocycles. The normalized spacial score (nSPS) is 10.5. The predicted octanol–water partition coefficient (Wildman–Crippen LogP) is 3.25. The zero-order chi connectivity index (χ0) is 25.4. The van der Waals surface area contributed by atoms with Crippen molar-refractivity contribution < 1.29 is 23.2 Å². The third-order valence-corrected chi connectivity index (χ3v) is 5.59. The van der Waals surface area contributed by atoms with Crippen molar-refractivity contribution in [2.75, 3.05) is 6.54 Å². The number of hydrogen-bond acceptors (Lipinski definition) is 6. The molecule has 1 heterocycles. The number of nitrogens with zero attached hydrogens (tertiary/aromatic N) is 2. The number of halogens is 2. The van der Waals surface area contributed by atoms with Crippen LogP contribution in [0.25, 0.3) is 0 Å². The van der Waals surface area contributed by atoms with Crippen LogP contribution in [0, 0.1) is 25.5 Å². The number of rotatable bonds is 8. The van der Waals surface area contributed by atoms with Gasteiger partial charge in [0.2, 0.25) is 5.91 Å². The number of benzene rings is 2. The van der Waals surface area contributed by atoms with E-state index < -0.39 is 29.4 Å². The topological polar surface area (TPSA) is 113 Å². The van der Waals surface area contributed by atoms with Gasteiger partial charge < -0.3 is 5.32 Å². The Bertz CT molecular complexity index is 1220. The van der Waals surface area contributed by atoms with Crippen LogP contribution in [0.1, 0.15) is 44.1 Å². The predicted molar refractivity (Wildman–Crippen MR) is 126 cm³/mol. The average molecular weight is 500 g/mol. The first kappa shape index (κ1) is 25.8. The smallest absolute Gasteiger partial charge is 0.269 e. The molecule has 0 saturated carbocycles. The van der Waals surface area contributed by atoms with Crippen LogP contribution in [0.4, 0.5) is 8.78 Å². The van der Waals surface area contributed by atoms with Crippen LogP contribution < -0.4 is 16.2 Å². The molecule has 3 amide bonds. The van der Waals surface area contributed by atoms with Crippen LogP contribution in [-0.2, 0) is 10.5 Å². The van der Waals surface area contributed by atoms with Crippen molar-refractivity contribution >= 4 is 29.5 Å². The Morgan fingerprint density at radius 1 is 0.886 bits per heavy atom. The number of hydrazine groups is 1. The summed E-state index contributed by atoms with van der Waals surface area (Å²) in [7, 11) is 0. The number of hydrogen-bond donors (Lipinski definition) is 3. The highest BCUT2D eigenvalue weighted by molar-refractivity contribution is 7.98. The summed E-state index contributed by atoms with van der Waals surface area (Å²) in [6.07, 6.45) is -0.161. The molecule has 182 valence electrons. The van der Waals surface area contributed by atoms with Gasteiger partial charge in [0.25, 0.3) is 11.8 Å². The van der Waals surface area contributed by atoms with Crippen LogP contribution in [0.15, 0.2) is 53.7 Å². The van der Waals surface area contributed by atoms with E-state index in [1.807, 2.05) is 19.9 Å². The zero-order valence-corrected chi connectivity index (χ0v) is 19.8. The maximum atomic E-state index is 13.6. The Balaban J connectivity index is 1.40. The van der Waals surface area contributed by atoms with Gasteiger partial charge >= 0.3 is 0 Å². The van der Waals surface area contributed by atoms with Gasteiger partial charge in [0.1, 0.15) is 11.6 Å². The summed E-state index contributed by atoms with van der Waals surface area (Å²) in [6, 6.07) is 11.4. The van der Waals surface area contributed by atoms with Crippen molar-refractivity contribution in [3.8, 4) is 0 Å². The molecule has 3 aromatic rings. The fraction of sp³-hybridized carbons (Fsp3) is 0.208. The summed E-state index contributed by atoms with van der Waals surface area (Å²) in [5.41, 5.74) is 7.35. The summed E-state index contributed by atoms with van der Waals surface area (Å²) in [4.78, 5) is 44.8. The highest BCUT2D eigenvalue weighted by atomic mass is 32.2. The molecule has 0 spiro atoms. The Hall–Kier alpha value is -3.86. The molecular formula is C24H23F2N5O3S. The molecule has 11 heteroatoms. The van der Waals surface area contributed by atoms with Crippen molar-refractivity contribution in [2.45, 2.75) is 31.2 Å². The highest BCUT2D eigenvalue weighted by Gasteiger charge is 2.13. The van der Waals surface area contributed by atoms with Crippen LogP contribution in [0.3, 0.4) is 0 Å². The van der Waals surface area contributed by atoms with Gasteiger partial charge in [-0.1, -0.05) is 23.9 Å².